The minimum absolute atomic E-state index is 0.0328. The van der Waals surface area contributed by atoms with Crippen molar-refractivity contribution in [2.45, 2.75) is 12.5 Å². The Morgan fingerprint density at radius 3 is 3.06 bits per heavy atom. The molecule has 0 saturated carbocycles. The fraction of sp³-hybridized carbons (Fsp3) is 0.600. The number of carbonyl (C=O) groups excluding carboxylic acids is 1. The van der Waals surface area contributed by atoms with Gasteiger partial charge in [0.25, 0.3) is 5.91 Å². The van der Waals surface area contributed by atoms with Gasteiger partial charge in [0.2, 0.25) is 0 Å². The van der Waals surface area contributed by atoms with Crippen LogP contribution in [0.4, 0.5) is 0 Å². The van der Waals surface area contributed by atoms with Gasteiger partial charge in [0.15, 0.2) is 0 Å². The molecule has 6 nitrogen and oxygen atoms in total. The second-order valence-corrected chi connectivity index (χ2v) is 4.04. The molecule has 88 valence electrons. The minimum atomic E-state index is -0.644. The van der Waals surface area contributed by atoms with Crippen LogP contribution in [0.1, 0.15) is 16.8 Å². The Labute approximate surface area is 92.9 Å². The number of carbonyl (C=O) groups is 1. The van der Waals surface area contributed by atoms with E-state index in [9.17, 15) is 9.90 Å². The number of aromatic amines is 1. The highest BCUT2D eigenvalue weighted by Crippen LogP contribution is 2.18. The van der Waals surface area contributed by atoms with Gasteiger partial charge in [-0.3, -0.25) is 9.89 Å². The van der Waals surface area contributed by atoms with Crippen LogP contribution >= 0.6 is 0 Å². The number of aliphatic hydroxyl groups is 2. The molecular formula is C10H15N3O3. The minimum Gasteiger partial charge on any atom is -0.396 e. The van der Waals surface area contributed by atoms with Gasteiger partial charge >= 0.3 is 0 Å². The van der Waals surface area contributed by atoms with Gasteiger partial charge in [-0.25, -0.2) is 0 Å². The fourth-order valence-corrected chi connectivity index (χ4v) is 1.93. The van der Waals surface area contributed by atoms with Crippen LogP contribution in [0, 0.1) is 5.92 Å². The molecule has 1 amide bonds. The normalized spacial score (nSPS) is 25.8. The number of nitrogens with zero attached hydrogens (tertiary/aromatic N) is 2. The second-order valence-electron chi connectivity index (χ2n) is 4.04. The predicted octanol–water partition coefficient (Wildman–Crippen LogP) is -0.775. The van der Waals surface area contributed by atoms with Crippen molar-refractivity contribution in [3.05, 3.63) is 18.0 Å². The van der Waals surface area contributed by atoms with Crippen LogP contribution in [0.5, 0.6) is 0 Å². The van der Waals surface area contributed by atoms with Crippen LogP contribution < -0.4 is 0 Å². The summed E-state index contributed by atoms with van der Waals surface area (Å²) in [5.41, 5.74) is 0.495. The number of hydrogen-bond acceptors (Lipinski definition) is 4. The standard InChI is InChI=1S/C10H15N3O3/c14-6-7-1-2-13(5-9(7)15)10(16)8-3-11-12-4-8/h3-4,7,9,14-15H,1-2,5-6H2,(H,11,12)/t7-,9+/m1/s1. The largest absolute Gasteiger partial charge is 0.396 e. The lowest BCUT2D eigenvalue weighted by molar-refractivity contribution is 0.000878. The van der Waals surface area contributed by atoms with E-state index in [0.29, 0.717) is 18.5 Å². The monoisotopic (exact) mass is 225 g/mol. The van der Waals surface area contributed by atoms with E-state index in [0.717, 1.165) is 0 Å². The first kappa shape index (κ1) is 11.1. The summed E-state index contributed by atoms with van der Waals surface area (Å²) in [4.78, 5) is 13.5. The zero-order valence-electron chi connectivity index (χ0n) is 8.83. The number of amides is 1. The molecule has 0 radical (unpaired) electrons. The lowest BCUT2D eigenvalue weighted by atomic mass is 9.94. The highest BCUT2D eigenvalue weighted by molar-refractivity contribution is 5.93. The molecule has 3 N–H and O–H groups in total. The molecule has 2 rings (SSSR count). The Morgan fingerprint density at radius 2 is 2.50 bits per heavy atom. The maximum Gasteiger partial charge on any atom is 0.257 e. The molecule has 1 aromatic heterocycles. The summed E-state index contributed by atoms with van der Waals surface area (Å²) in [6.45, 7) is 0.802. The lowest BCUT2D eigenvalue weighted by Gasteiger charge is -2.34. The Hall–Kier alpha value is -1.40. The summed E-state index contributed by atoms with van der Waals surface area (Å²) in [5.74, 6) is -0.252. The van der Waals surface area contributed by atoms with Crippen molar-refractivity contribution in [2.24, 2.45) is 5.92 Å². The first-order valence-corrected chi connectivity index (χ1v) is 5.29. The van der Waals surface area contributed by atoms with Crippen LogP contribution in [0.25, 0.3) is 0 Å². The zero-order chi connectivity index (χ0) is 11.5. The molecule has 2 atom stereocenters. The average molecular weight is 225 g/mol. The molecule has 1 aliphatic rings. The number of aromatic nitrogens is 2. The summed E-state index contributed by atoms with van der Waals surface area (Å²) >= 11 is 0. The van der Waals surface area contributed by atoms with Gasteiger partial charge in [0.05, 0.1) is 17.9 Å². The SMILES string of the molecule is O=C(c1cn[nH]c1)N1CC[C@H](CO)[C@@H](O)C1. The van der Waals surface area contributed by atoms with Gasteiger partial charge in [-0.1, -0.05) is 0 Å². The van der Waals surface area contributed by atoms with Crippen molar-refractivity contribution in [1.29, 1.82) is 0 Å². The Kier molecular flexibility index (Phi) is 3.21. The first-order valence-electron chi connectivity index (χ1n) is 5.29. The molecule has 0 aromatic carbocycles. The number of rotatable bonds is 2. The third kappa shape index (κ3) is 2.07. The molecule has 1 aliphatic heterocycles. The second kappa shape index (κ2) is 4.63. The molecule has 6 heteroatoms. The lowest BCUT2D eigenvalue weighted by Crippen LogP contribution is -2.47. The van der Waals surface area contributed by atoms with E-state index in [1.54, 1.807) is 4.90 Å². The van der Waals surface area contributed by atoms with Gasteiger partial charge in [0, 0.05) is 31.8 Å². The Bertz CT molecular complexity index is 352. The third-order valence-electron chi connectivity index (χ3n) is 2.99. The number of likely N-dealkylation sites (tertiary alicyclic amines) is 1. The Balaban J connectivity index is 2.00. The summed E-state index contributed by atoms with van der Waals surface area (Å²) in [6, 6.07) is 0. The van der Waals surface area contributed by atoms with Crippen molar-refractivity contribution in [1.82, 2.24) is 15.1 Å². The van der Waals surface area contributed by atoms with E-state index in [4.69, 9.17) is 5.11 Å². The Morgan fingerprint density at radius 1 is 1.69 bits per heavy atom. The average Bonchev–Trinajstić information content (AvgIpc) is 2.81. The van der Waals surface area contributed by atoms with E-state index in [2.05, 4.69) is 10.2 Å². The van der Waals surface area contributed by atoms with E-state index in [1.165, 1.54) is 12.4 Å². The number of H-pyrrole nitrogens is 1. The van der Waals surface area contributed by atoms with Crippen molar-refractivity contribution < 1.29 is 15.0 Å². The molecular weight excluding hydrogens is 210 g/mol. The molecule has 2 heterocycles. The van der Waals surface area contributed by atoms with E-state index < -0.39 is 6.10 Å². The number of hydrogen-bond donors (Lipinski definition) is 3. The van der Waals surface area contributed by atoms with Crippen LogP contribution in [-0.2, 0) is 0 Å². The summed E-state index contributed by atoms with van der Waals surface area (Å²) < 4.78 is 0. The van der Waals surface area contributed by atoms with Crippen molar-refractivity contribution in [2.75, 3.05) is 19.7 Å². The first-order chi connectivity index (χ1) is 7.72. The number of aliphatic hydroxyl groups excluding tert-OH is 2. The summed E-state index contributed by atoms with van der Waals surface area (Å²) in [6.07, 6.45) is 2.98. The molecule has 0 bridgehead atoms. The van der Waals surface area contributed by atoms with Crippen molar-refractivity contribution in [3.8, 4) is 0 Å². The fourth-order valence-electron chi connectivity index (χ4n) is 1.93. The molecule has 1 saturated heterocycles. The van der Waals surface area contributed by atoms with Gasteiger partial charge in [-0.05, 0) is 6.42 Å². The maximum absolute atomic E-state index is 11.9. The van der Waals surface area contributed by atoms with Gasteiger partial charge < -0.3 is 15.1 Å². The molecule has 0 unspecified atom stereocenters. The van der Waals surface area contributed by atoms with Crippen LogP contribution in [0.3, 0.4) is 0 Å². The topological polar surface area (TPSA) is 89.5 Å². The van der Waals surface area contributed by atoms with Crippen LogP contribution in [0.2, 0.25) is 0 Å². The molecule has 0 aliphatic carbocycles. The smallest absolute Gasteiger partial charge is 0.257 e. The van der Waals surface area contributed by atoms with Gasteiger partial charge in [-0.15, -0.1) is 0 Å². The summed E-state index contributed by atoms with van der Waals surface area (Å²) in [5, 5.41) is 25.0. The molecule has 0 spiro atoms. The number of piperidine rings is 1. The molecule has 1 fully saturated rings. The van der Waals surface area contributed by atoms with E-state index in [-0.39, 0.29) is 25.0 Å². The highest BCUT2D eigenvalue weighted by Gasteiger charge is 2.30. The maximum atomic E-state index is 11.9. The van der Waals surface area contributed by atoms with E-state index in [1.807, 2.05) is 0 Å². The zero-order valence-corrected chi connectivity index (χ0v) is 8.83. The van der Waals surface area contributed by atoms with Gasteiger partial charge in [0.1, 0.15) is 0 Å². The summed E-state index contributed by atoms with van der Waals surface area (Å²) in [7, 11) is 0. The van der Waals surface area contributed by atoms with Crippen LogP contribution in [-0.4, -0.2) is 57.0 Å². The van der Waals surface area contributed by atoms with Crippen molar-refractivity contribution in [3.63, 3.8) is 0 Å². The van der Waals surface area contributed by atoms with Crippen LogP contribution in [0.15, 0.2) is 12.4 Å². The number of β-amino-alcohol motifs (C(OH)–C–C–N with tert-alkyl or cyclic N) is 1. The van der Waals surface area contributed by atoms with E-state index >= 15 is 0 Å². The third-order valence-corrected chi connectivity index (χ3v) is 2.99. The molecule has 1 aromatic rings. The molecule has 16 heavy (non-hydrogen) atoms. The quantitative estimate of drug-likeness (QED) is 0.616. The predicted molar refractivity (Wildman–Crippen MR) is 55.7 cm³/mol. The van der Waals surface area contributed by atoms with Crippen molar-refractivity contribution >= 4 is 5.91 Å². The van der Waals surface area contributed by atoms with Gasteiger partial charge in [-0.2, -0.15) is 5.10 Å². The number of nitrogens with one attached hydrogen (secondary N) is 1. The highest BCUT2D eigenvalue weighted by atomic mass is 16.3.